The standard InChI is InChI=1S/C21H25N3O3S2/c1-14-5-4-6-19(15(14)2)23-9-11-24(12-10-23)29(26,27)17-7-8-20-18(13-17)22-21(25)16(3)28-20/h4-8,13,16H,9-12H2,1-3H3,(H,22,25)/t16-/m1/s1. The third-order valence-corrected chi connectivity index (χ3v) is 8.75. The predicted molar refractivity (Wildman–Crippen MR) is 117 cm³/mol. The van der Waals surface area contributed by atoms with Gasteiger partial charge in [-0.05, 0) is 56.2 Å². The van der Waals surface area contributed by atoms with Crippen LogP contribution in [0.5, 0.6) is 0 Å². The highest BCUT2D eigenvalue weighted by atomic mass is 32.2. The van der Waals surface area contributed by atoms with Crippen LogP contribution in [0.25, 0.3) is 0 Å². The maximum absolute atomic E-state index is 13.2. The van der Waals surface area contributed by atoms with Crippen LogP contribution < -0.4 is 10.2 Å². The summed E-state index contributed by atoms with van der Waals surface area (Å²) in [5, 5.41) is 2.64. The Morgan fingerprint density at radius 2 is 1.79 bits per heavy atom. The van der Waals surface area contributed by atoms with Gasteiger partial charge in [-0.1, -0.05) is 12.1 Å². The number of anilines is 2. The van der Waals surface area contributed by atoms with Crippen LogP contribution in [0.3, 0.4) is 0 Å². The number of aryl methyl sites for hydroxylation is 1. The van der Waals surface area contributed by atoms with Crippen molar-refractivity contribution in [2.45, 2.75) is 35.8 Å². The van der Waals surface area contributed by atoms with Gasteiger partial charge in [0.2, 0.25) is 15.9 Å². The number of piperazine rings is 1. The fourth-order valence-electron chi connectivity index (χ4n) is 3.74. The van der Waals surface area contributed by atoms with Crippen LogP contribution in [0.2, 0.25) is 0 Å². The van der Waals surface area contributed by atoms with Crippen LogP contribution in [0.1, 0.15) is 18.1 Å². The molecule has 0 radical (unpaired) electrons. The molecule has 1 amide bonds. The molecule has 0 saturated carbocycles. The van der Waals surface area contributed by atoms with Crippen molar-refractivity contribution in [1.29, 1.82) is 0 Å². The molecule has 0 unspecified atom stereocenters. The van der Waals surface area contributed by atoms with E-state index in [1.54, 1.807) is 18.2 Å². The molecule has 0 aromatic heterocycles. The number of nitrogens with zero attached hydrogens (tertiary/aromatic N) is 2. The molecule has 4 rings (SSSR count). The number of thioether (sulfide) groups is 1. The van der Waals surface area contributed by atoms with Gasteiger partial charge in [0.1, 0.15) is 0 Å². The van der Waals surface area contributed by atoms with Gasteiger partial charge in [0, 0.05) is 36.8 Å². The summed E-state index contributed by atoms with van der Waals surface area (Å²) in [6.45, 7) is 8.21. The lowest BCUT2D eigenvalue weighted by atomic mass is 10.1. The molecule has 0 aliphatic carbocycles. The molecular weight excluding hydrogens is 406 g/mol. The topological polar surface area (TPSA) is 69.7 Å². The van der Waals surface area contributed by atoms with Crippen LogP contribution in [-0.4, -0.2) is 50.1 Å². The number of sulfonamides is 1. The Labute approximate surface area is 176 Å². The van der Waals surface area contributed by atoms with E-state index < -0.39 is 10.0 Å². The minimum absolute atomic E-state index is 0.0980. The highest BCUT2D eigenvalue weighted by Crippen LogP contribution is 2.37. The highest BCUT2D eigenvalue weighted by Gasteiger charge is 2.31. The number of benzene rings is 2. The minimum atomic E-state index is -3.60. The lowest BCUT2D eigenvalue weighted by molar-refractivity contribution is -0.115. The van der Waals surface area contributed by atoms with Crippen LogP contribution in [0.15, 0.2) is 46.2 Å². The second-order valence-electron chi connectivity index (χ2n) is 7.52. The normalized spacial score (nSPS) is 20.3. The number of amides is 1. The summed E-state index contributed by atoms with van der Waals surface area (Å²) in [4.78, 5) is 15.3. The van der Waals surface area contributed by atoms with Crippen molar-refractivity contribution < 1.29 is 13.2 Å². The van der Waals surface area contributed by atoms with E-state index in [0.29, 0.717) is 31.9 Å². The molecule has 2 heterocycles. The maximum Gasteiger partial charge on any atom is 0.243 e. The number of fused-ring (bicyclic) bond motifs is 1. The largest absolute Gasteiger partial charge is 0.369 e. The zero-order chi connectivity index (χ0) is 20.8. The van der Waals surface area contributed by atoms with Crippen molar-refractivity contribution in [1.82, 2.24) is 4.31 Å². The number of hydrogen-bond acceptors (Lipinski definition) is 5. The molecule has 2 aromatic carbocycles. The van der Waals surface area contributed by atoms with Gasteiger partial charge in [-0.2, -0.15) is 4.31 Å². The Bertz CT molecular complexity index is 1060. The van der Waals surface area contributed by atoms with E-state index in [-0.39, 0.29) is 16.1 Å². The van der Waals surface area contributed by atoms with Crippen molar-refractivity contribution in [2.75, 3.05) is 36.4 Å². The molecule has 0 bridgehead atoms. The van der Waals surface area contributed by atoms with E-state index >= 15 is 0 Å². The molecule has 2 aliphatic heterocycles. The van der Waals surface area contributed by atoms with Crippen molar-refractivity contribution in [3.63, 3.8) is 0 Å². The first-order chi connectivity index (χ1) is 13.8. The number of rotatable bonds is 3. The van der Waals surface area contributed by atoms with E-state index in [0.717, 1.165) is 4.90 Å². The van der Waals surface area contributed by atoms with E-state index in [9.17, 15) is 13.2 Å². The van der Waals surface area contributed by atoms with E-state index in [1.807, 2.05) is 13.0 Å². The molecular formula is C21H25N3O3S2. The fraction of sp³-hybridized carbons (Fsp3) is 0.381. The van der Waals surface area contributed by atoms with E-state index in [1.165, 1.54) is 32.9 Å². The van der Waals surface area contributed by atoms with Crippen molar-refractivity contribution in [2.24, 2.45) is 0 Å². The van der Waals surface area contributed by atoms with Crippen molar-refractivity contribution >= 4 is 39.1 Å². The maximum atomic E-state index is 13.2. The first-order valence-corrected chi connectivity index (χ1v) is 12.0. The summed E-state index contributed by atoms with van der Waals surface area (Å²) in [5.41, 5.74) is 4.22. The molecule has 1 atom stereocenters. The second-order valence-corrected chi connectivity index (χ2v) is 10.8. The number of carbonyl (C=O) groups excluding carboxylic acids is 1. The van der Waals surface area contributed by atoms with Gasteiger partial charge in [-0.25, -0.2) is 8.42 Å². The van der Waals surface area contributed by atoms with E-state index in [2.05, 4.69) is 36.2 Å². The Hall–Kier alpha value is -2.03. The average Bonchev–Trinajstić information content (AvgIpc) is 2.70. The first kappa shape index (κ1) is 20.3. The highest BCUT2D eigenvalue weighted by molar-refractivity contribution is 8.01. The molecule has 1 fully saturated rings. The van der Waals surface area contributed by atoms with Gasteiger partial charge >= 0.3 is 0 Å². The molecule has 2 aliphatic rings. The monoisotopic (exact) mass is 431 g/mol. The Morgan fingerprint density at radius 3 is 2.52 bits per heavy atom. The molecule has 29 heavy (non-hydrogen) atoms. The van der Waals surface area contributed by atoms with Gasteiger partial charge in [0.15, 0.2) is 0 Å². The average molecular weight is 432 g/mol. The third-order valence-electron chi connectivity index (χ3n) is 5.68. The predicted octanol–water partition coefficient (Wildman–Crippen LogP) is 3.25. The fourth-order valence-corrected chi connectivity index (χ4v) is 6.12. The quantitative estimate of drug-likeness (QED) is 0.808. The SMILES string of the molecule is Cc1cccc(N2CCN(S(=O)(=O)c3ccc4c(c3)NC(=O)[C@@H](C)S4)CC2)c1C. The lowest BCUT2D eigenvalue weighted by Gasteiger charge is -2.36. The molecule has 1 N–H and O–H groups in total. The second kappa shape index (κ2) is 7.66. The van der Waals surface area contributed by atoms with Crippen LogP contribution in [0, 0.1) is 13.8 Å². The molecule has 8 heteroatoms. The lowest BCUT2D eigenvalue weighted by Crippen LogP contribution is -2.48. The van der Waals surface area contributed by atoms with Crippen LogP contribution in [0.4, 0.5) is 11.4 Å². The number of nitrogens with one attached hydrogen (secondary N) is 1. The summed E-state index contributed by atoms with van der Waals surface area (Å²) in [7, 11) is -3.60. The van der Waals surface area contributed by atoms with Gasteiger partial charge in [0.05, 0.1) is 15.8 Å². The van der Waals surface area contributed by atoms with Gasteiger partial charge in [-0.3, -0.25) is 4.79 Å². The molecule has 6 nitrogen and oxygen atoms in total. The first-order valence-electron chi connectivity index (χ1n) is 9.70. The Balaban J connectivity index is 1.52. The van der Waals surface area contributed by atoms with Crippen molar-refractivity contribution in [3.05, 3.63) is 47.5 Å². The summed E-state index contributed by atoms with van der Waals surface area (Å²) < 4.78 is 27.9. The summed E-state index contributed by atoms with van der Waals surface area (Å²) in [5.74, 6) is -0.0980. The minimum Gasteiger partial charge on any atom is -0.369 e. The Kier molecular flexibility index (Phi) is 5.35. The molecule has 154 valence electrons. The smallest absolute Gasteiger partial charge is 0.243 e. The summed E-state index contributed by atoms with van der Waals surface area (Å²) in [6, 6.07) is 11.2. The molecule has 0 spiro atoms. The Morgan fingerprint density at radius 1 is 1.07 bits per heavy atom. The zero-order valence-corrected chi connectivity index (χ0v) is 18.4. The van der Waals surface area contributed by atoms with Gasteiger partial charge < -0.3 is 10.2 Å². The number of carbonyl (C=O) groups is 1. The van der Waals surface area contributed by atoms with Crippen LogP contribution in [-0.2, 0) is 14.8 Å². The third kappa shape index (κ3) is 3.76. The summed E-state index contributed by atoms with van der Waals surface area (Å²) >= 11 is 1.45. The van der Waals surface area contributed by atoms with Gasteiger partial charge in [0.25, 0.3) is 0 Å². The van der Waals surface area contributed by atoms with Crippen molar-refractivity contribution in [3.8, 4) is 0 Å². The number of hydrogen-bond donors (Lipinski definition) is 1. The molecule has 1 saturated heterocycles. The van der Waals surface area contributed by atoms with Crippen LogP contribution >= 0.6 is 11.8 Å². The van der Waals surface area contributed by atoms with Gasteiger partial charge in [-0.15, -0.1) is 11.8 Å². The molecule has 2 aromatic rings. The van der Waals surface area contributed by atoms with E-state index in [4.69, 9.17) is 0 Å². The summed E-state index contributed by atoms with van der Waals surface area (Å²) in [6.07, 6.45) is 0. The zero-order valence-electron chi connectivity index (χ0n) is 16.8.